The standard InChI is InChI=1S/C20H24N2OS/c1-13(2)12-22-17-9-15(4)24-19(17)10-18(22)20(23)21-11-16-7-5-6-14(3)8-16/h5-10,13H,11-12H2,1-4H3,(H,21,23). The Morgan fingerprint density at radius 1 is 1.21 bits per heavy atom. The molecule has 0 aliphatic carbocycles. The lowest BCUT2D eigenvalue weighted by molar-refractivity contribution is 0.0941. The highest BCUT2D eigenvalue weighted by Crippen LogP contribution is 2.29. The van der Waals surface area contributed by atoms with Crippen LogP contribution in [0.25, 0.3) is 10.2 Å². The van der Waals surface area contributed by atoms with Gasteiger partial charge in [-0.25, -0.2) is 0 Å². The molecule has 4 heteroatoms. The number of rotatable bonds is 5. The molecule has 0 atom stereocenters. The largest absolute Gasteiger partial charge is 0.347 e. The fourth-order valence-electron chi connectivity index (χ4n) is 3.01. The van der Waals surface area contributed by atoms with Gasteiger partial charge in [0, 0.05) is 18.0 Å². The van der Waals surface area contributed by atoms with E-state index in [4.69, 9.17) is 0 Å². The first-order valence-electron chi connectivity index (χ1n) is 8.37. The normalized spacial score (nSPS) is 11.4. The highest BCUT2D eigenvalue weighted by molar-refractivity contribution is 7.19. The van der Waals surface area contributed by atoms with Crippen LogP contribution in [0.5, 0.6) is 0 Å². The quantitative estimate of drug-likeness (QED) is 0.704. The number of hydrogen-bond donors (Lipinski definition) is 1. The monoisotopic (exact) mass is 340 g/mol. The summed E-state index contributed by atoms with van der Waals surface area (Å²) in [5.41, 5.74) is 4.27. The SMILES string of the molecule is Cc1cccc(CNC(=O)c2cc3sc(C)cc3n2CC(C)C)c1. The Balaban J connectivity index is 1.84. The molecule has 0 aliphatic heterocycles. The summed E-state index contributed by atoms with van der Waals surface area (Å²) in [6.07, 6.45) is 0. The van der Waals surface area contributed by atoms with E-state index in [1.807, 2.05) is 18.2 Å². The fourth-order valence-corrected chi connectivity index (χ4v) is 3.97. The summed E-state index contributed by atoms with van der Waals surface area (Å²) in [6.45, 7) is 9.95. The molecule has 3 aromatic rings. The Kier molecular flexibility index (Phi) is 4.76. The lowest BCUT2D eigenvalue weighted by Crippen LogP contribution is -2.26. The molecule has 0 saturated heterocycles. The average Bonchev–Trinajstić information content (AvgIpc) is 3.02. The zero-order chi connectivity index (χ0) is 17.3. The molecule has 0 aliphatic rings. The van der Waals surface area contributed by atoms with Gasteiger partial charge in [-0.3, -0.25) is 4.79 Å². The van der Waals surface area contributed by atoms with Gasteiger partial charge < -0.3 is 9.88 Å². The maximum Gasteiger partial charge on any atom is 0.268 e. The third kappa shape index (κ3) is 3.54. The molecule has 126 valence electrons. The van der Waals surface area contributed by atoms with Crippen molar-refractivity contribution in [2.24, 2.45) is 5.92 Å². The third-order valence-electron chi connectivity index (χ3n) is 4.03. The van der Waals surface area contributed by atoms with E-state index < -0.39 is 0 Å². The molecule has 0 fully saturated rings. The zero-order valence-electron chi connectivity index (χ0n) is 14.7. The van der Waals surface area contributed by atoms with E-state index >= 15 is 0 Å². The van der Waals surface area contributed by atoms with Crippen LogP contribution < -0.4 is 5.32 Å². The van der Waals surface area contributed by atoms with Gasteiger partial charge in [0.1, 0.15) is 5.69 Å². The van der Waals surface area contributed by atoms with Gasteiger partial charge in [0.25, 0.3) is 5.91 Å². The van der Waals surface area contributed by atoms with Gasteiger partial charge in [0.15, 0.2) is 0 Å². The third-order valence-corrected chi connectivity index (χ3v) is 5.02. The number of nitrogens with one attached hydrogen (secondary N) is 1. The number of thiophene rings is 1. The maximum absolute atomic E-state index is 12.7. The van der Waals surface area contributed by atoms with Crippen molar-refractivity contribution in [3.8, 4) is 0 Å². The number of carbonyl (C=O) groups is 1. The highest BCUT2D eigenvalue weighted by Gasteiger charge is 2.17. The summed E-state index contributed by atoms with van der Waals surface area (Å²) in [5, 5.41) is 3.07. The number of aryl methyl sites for hydroxylation is 2. The van der Waals surface area contributed by atoms with Crippen LogP contribution in [0.2, 0.25) is 0 Å². The van der Waals surface area contributed by atoms with Crippen molar-refractivity contribution in [2.75, 3.05) is 0 Å². The van der Waals surface area contributed by atoms with E-state index in [1.165, 1.54) is 20.7 Å². The van der Waals surface area contributed by atoms with Crippen LogP contribution in [0, 0.1) is 19.8 Å². The van der Waals surface area contributed by atoms with Gasteiger partial charge in [-0.2, -0.15) is 0 Å². The minimum atomic E-state index is -0.00166. The van der Waals surface area contributed by atoms with E-state index in [-0.39, 0.29) is 5.91 Å². The molecule has 1 amide bonds. The molecule has 24 heavy (non-hydrogen) atoms. The maximum atomic E-state index is 12.7. The molecule has 0 bridgehead atoms. The van der Waals surface area contributed by atoms with Gasteiger partial charge in [-0.1, -0.05) is 43.7 Å². The smallest absolute Gasteiger partial charge is 0.268 e. The molecule has 1 N–H and O–H groups in total. The second-order valence-corrected chi connectivity index (χ2v) is 8.10. The van der Waals surface area contributed by atoms with Crippen molar-refractivity contribution >= 4 is 27.5 Å². The van der Waals surface area contributed by atoms with Gasteiger partial charge in [-0.15, -0.1) is 11.3 Å². The summed E-state index contributed by atoms with van der Waals surface area (Å²) >= 11 is 1.75. The molecule has 2 aromatic heterocycles. The number of fused-ring (bicyclic) bond motifs is 1. The summed E-state index contributed by atoms with van der Waals surface area (Å²) < 4.78 is 3.35. The van der Waals surface area contributed by atoms with Crippen molar-refractivity contribution < 1.29 is 4.79 Å². The predicted octanol–water partition coefficient (Wildman–Crippen LogP) is 4.91. The second kappa shape index (κ2) is 6.81. The van der Waals surface area contributed by atoms with Gasteiger partial charge in [0.2, 0.25) is 0 Å². The lowest BCUT2D eigenvalue weighted by Gasteiger charge is -2.13. The highest BCUT2D eigenvalue weighted by atomic mass is 32.1. The summed E-state index contributed by atoms with van der Waals surface area (Å²) in [7, 11) is 0. The Morgan fingerprint density at radius 2 is 2.00 bits per heavy atom. The van der Waals surface area contributed by atoms with Crippen molar-refractivity contribution in [3.63, 3.8) is 0 Å². The topological polar surface area (TPSA) is 34.0 Å². The van der Waals surface area contributed by atoms with E-state index in [1.54, 1.807) is 11.3 Å². The molecule has 0 radical (unpaired) electrons. The van der Waals surface area contributed by atoms with Crippen molar-refractivity contribution in [2.45, 2.75) is 40.8 Å². The van der Waals surface area contributed by atoms with E-state index in [0.29, 0.717) is 12.5 Å². The molecule has 0 saturated carbocycles. The van der Waals surface area contributed by atoms with Crippen LogP contribution in [0.4, 0.5) is 0 Å². The van der Waals surface area contributed by atoms with Crippen molar-refractivity contribution in [1.82, 2.24) is 9.88 Å². The molecule has 3 rings (SSSR count). The average molecular weight is 340 g/mol. The van der Waals surface area contributed by atoms with Crippen LogP contribution in [-0.4, -0.2) is 10.5 Å². The van der Waals surface area contributed by atoms with Gasteiger partial charge >= 0.3 is 0 Å². The molecule has 1 aromatic carbocycles. The molecule has 3 nitrogen and oxygen atoms in total. The molecule has 0 unspecified atom stereocenters. The minimum absolute atomic E-state index is 0.00166. The second-order valence-electron chi connectivity index (χ2n) is 6.81. The van der Waals surface area contributed by atoms with E-state index in [2.05, 4.69) is 55.8 Å². The first-order valence-corrected chi connectivity index (χ1v) is 9.19. The van der Waals surface area contributed by atoms with Crippen LogP contribution in [-0.2, 0) is 13.1 Å². The van der Waals surface area contributed by atoms with Gasteiger partial charge in [-0.05, 0) is 37.5 Å². The number of aromatic nitrogens is 1. The number of carbonyl (C=O) groups excluding carboxylic acids is 1. The predicted molar refractivity (Wildman–Crippen MR) is 102 cm³/mol. The fraction of sp³-hybridized carbons (Fsp3) is 0.350. The minimum Gasteiger partial charge on any atom is -0.347 e. The number of hydrogen-bond acceptors (Lipinski definition) is 2. The summed E-state index contributed by atoms with van der Waals surface area (Å²) in [4.78, 5) is 14.0. The van der Waals surface area contributed by atoms with Crippen LogP contribution in [0.3, 0.4) is 0 Å². The Hall–Kier alpha value is -2.07. The first-order chi connectivity index (χ1) is 11.4. The van der Waals surface area contributed by atoms with Crippen LogP contribution in [0.1, 0.15) is 40.3 Å². The summed E-state index contributed by atoms with van der Waals surface area (Å²) in [6, 6.07) is 12.4. The van der Waals surface area contributed by atoms with Crippen LogP contribution >= 0.6 is 11.3 Å². The number of benzene rings is 1. The first kappa shape index (κ1) is 16.8. The van der Waals surface area contributed by atoms with Crippen molar-refractivity contribution in [3.05, 3.63) is 58.1 Å². The Morgan fingerprint density at radius 3 is 2.71 bits per heavy atom. The van der Waals surface area contributed by atoms with Crippen LogP contribution in [0.15, 0.2) is 36.4 Å². The Bertz CT molecular complexity index is 873. The van der Waals surface area contributed by atoms with Crippen molar-refractivity contribution in [1.29, 1.82) is 0 Å². The zero-order valence-corrected chi connectivity index (χ0v) is 15.5. The Labute approximate surface area is 147 Å². The molecule has 0 spiro atoms. The summed E-state index contributed by atoms with van der Waals surface area (Å²) in [5.74, 6) is 0.488. The van der Waals surface area contributed by atoms with Gasteiger partial charge in [0.05, 0.1) is 10.2 Å². The molecular weight excluding hydrogens is 316 g/mol. The van der Waals surface area contributed by atoms with E-state index in [0.717, 1.165) is 17.8 Å². The van der Waals surface area contributed by atoms with E-state index in [9.17, 15) is 4.79 Å². The lowest BCUT2D eigenvalue weighted by atomic mass is 10.1. The molecule has 2 heterocycles. The molecular formula is C20H24N2OS. The number of amides is 1. The number of nitrogens with zero attached hydrogens (tertiary/aromatic N) is 1.